The summed E-state index contributed by atoms with van der Waals surface area (Å²) in [5.41, 5.74) is 10.5. The van der Waals surface area contributed by atoms with E-state index < -0.39 is 34.5 Å². The van der Waals surface area contributed by atoms with Crippen LogP contribution in [-0.2, 0) is 30.2 Å². The number of hydrogen-bond donors (Lipinski definition) is 5. The minimum Gasteiger partial charge on any atom is -0.425 e. The Kier molecular flexibility index (Phi) is 10.9. The molecule has 0 saturated heterocycles. The Bertz CT molecular complexity index is 1220. The van der Waals surface area contributed by atoms with Crippen molar-refractivity contribution in [2.45, 2.75) is 55.8 Å². The third-order valence-corrected chi connectivity index (χ3v) is 8.05. The molecule has 0 heterocycles. The highest BCUT2D eigenvalue weighted by Crippen LogP contribution is 2.39. The van der Waals surface area contributed by atoms with Gasteiger partial charge in [-0.1, -0.05) is 61.4 Å². The number of benzene rings is 2. The summed E-state index contributed by atoms with van der Waals surface area (Å²) in [6.45, 7) is 0.554. The highest BCUT2D eigenvalue weighted by Gasteiger charge is 2.49. The van der Waals surface area contributed by atoms with Gasteiger partial charge in [-0.2, -0.15) is 8.42 Å². The number of carbonyl (C=O) groups is 2. The highest BCUT2D eigenvalue weighted by molar-refractivity contribution is 7.87. The molecule has 0 radical (unpaired) electrons. The molecule has 7 N–H and O–H groups in total. The second kappa shape index (κ2) is 14.1. The van der Waals surface area contributed by atoms with Crippen molar-refractivity contribution in [2.24, 2.45) is 21.9 Å². The predicted molar refractivity (Wildman–Crippen MR) is 149 cm³/mol. The van der Waals surface area contributed by atoms with Gasteiger partial charge in [-0.25, -0.2) is 0 Å². The van der Waals surface area contributed by atoms with Gasteiger partial charge in [-0.15, -0.1) is 0 Å². The molecule has 39 heavy (non-hydrogen) atoms. The molecule has 0 aromatic heterocycles. The average Bonchev–Trinajstić information content (AvgIpc) is 3.42. The van der Waals surface area contributed by atoms with E-state index in [1.165, 1.54) is 24.3 Å². The molecular weight excluding hydrogens is 521 g/mol. The second-order valence-corrected chi connectivity index (χ2v) is 11.1. The molecule has 0 aliphatic heterocycles. The number of amides is 2. The monoisotopic (exact) mass is 557 g/mol. The van der Waals surface area contributed by atoms with E-state index in [1.54, 1.807) is 6.07 Å². The minimum atomic E-state index is -4.32. The van der Waals surface area contributed by atoms with Crippen LogP contribution < -0.4 is 22.1 Å². The van der Waals surface area contributed by atoms with Crippen molar-refractivity contribution >= 4 is 35.0 Å². The maximum absolute atomic E-state index is 13.6. The van der Waals surface area contributed by atoms with Gasteiger partial charge in [-0.05, 0) is 49.8 Å². The quantitative estimate of drug-likeness (QED) is 0.0744. The molecule has 13 heteroatoms. The Balaban J connectivity index is 1.72. The van der Waals surface area contributed by atoms with Crippen molar-refractivity contribution in [3.8, 4) is 0 Å². The van der Waals surface area contributed by atoms with Gasteiger partial charge in [0.2, 0.25) is 11.8 Å². The lowest BCUT2D eigenvalue weighted by Gasteiger charge is -2.30. The lowest BCUT2D eigenvalue weighted by Crippen LogP contribution is -2.56. The van der Waals surface area contributed by atoms with Crippen LogP contribution in [0.4, 0.5) is 0 Å². The Morgan fingerprint density at radius 3 is 2.26 bits per heavy atom. The van der Waals surface area contributed by atoms with E-state index in [9.17, 15) is 23.0 Å². The average molecular weight is 557 g/mol. The number of carbonyl (C=O) groups excluding carboxylic acids is 2. The predicted octanol–water partition coefficient (Wildman–Crippen LogP) is 0.869. The minimum absolute atomic E-state index is 0.0969. The maximum Gasteiger partial charge on any atom is 0.494 e. The van der Waals surface area contributed by atoms with Crippen LogP contribution >= 0.6 is 0 Å². The third kappa shape index (κ3) is 8.54. The number of nitrogens with zero attached hydrogens (tertiary/aromatic N) is 1. The lowest BCUT2D eigenvalue weighted by molar-refractivity contribution is -0.143. The number of rotatable bonds is 14. The van der Waals surface area contributed by atoms with Gasteiger partial charge in [0.15, 0.2) is 5.96 Å². The largest absolute Gasteiger partial charge is 0.494 e. The van der Waals surface area contributed by atoms with Crippen LogP contribution in [0.3, 0.4) is 0 Å². The van der Waals surface area contributed by atoms with Crippen molar-refractivity contribution in [3.63, 3.8) is 0 Å². The molecule has 1 aliphatic carbocycles. The normalized spacial score (nSPS) is 15.2. The zero-order valence-corrected chi connectivity index (χ0v) is 22.6. The first-order chi connectivity index (χ1) is 18.6. The molecule has 1 saturated carbocycles. The molecule has 0 bridgehead atoms. The van der Waals surface area contributed by atoms with Crippen molar-refractivity contribution in [1.82, 2.24) is 10.6 Å². The zero-order chi connectivity index (χ0) is 28.3. The molecule has 2 aromatic rings. The van der Waals surface area contributed by atoms with Crippen LogP contribution in [0.2, 0.25) is 0 Å². The topological polar surface area (TPSA) is 186 Å². The standard InChI is InChI=1S/C26H36BN5O6S/c28-25(29)31-18-9-14-22(27(35)38-39(36,37)21-12-5-2-6-13-21)32-24(34)26(16-7-8-17-26)23(33)30-19-15-20-10-3-1-4-11-20/h1-6,10-13,22,35H,7-9,14-19H2,(H,30,33)(H,32,34)(H4,28,29,31)/t22-/m0/s1. The van der Waals surface area contributed by atoms with Crippen molar-refractivity contribution in [2.75, 3.05) is 13.1 Å². The van der Waals surface area contributed by atoms with Crippen LogP contribution in [0.15, 0.2) is 70.6 Å². The smallest absolute Gasteiger partial charge is 0.425 e. The summed E-state index contributed by atoms with van der Waals surface area (Å²) >= 11 is 0. The summed E-state index contributed by atoms with van der Waals surface area (Å²) < 4.78 is 30.5. The summed E-state index contributed by atoms with van der Waals surface area (Å²) in [6.07, 6.45) is 3.09. The highest BCUT2D eigenvalue weighted by atomic mass is 32.2. The summed E-state index contributed by atoms with van der Waals surface area (Å²) in [4.78, 5) is 30.6. The van der Waals surface area contributed by atoms with Crippen LogP contribution in [0.25, 0.3) is 0 Å². The molecule has 3 rings (SSSR count). The SMILES string of the molecule is NC(N)=NCCC[C@H](NC(=O)C1(C(=O)NCCc2ccccc2)CCCC1)B(O)OS(=O)(=O)c1ccccc1. The lowest BCUT2D eigenvalue weighted by atomic mass is 9.75. The molecule has 210 valence electrons. The number of aliphatic imine (C=N–C) groups is 1. The fourth-order valence-electron chi connectivity index (χ4n) is 4.62. The molecule has 1 atom stereocenters. The maximum atomic E-state index is 13.6. The van der Waals surface area contributed by atoms with E-state index in [1.807, 2.05) is 30.3 Å². The first-order valence-electron chi connectivity index (χ1n) is 13.0. The molecule has 2 aromatic carbocycles. The van der Waals surface area contributed by atoms with E-state index in [2.05, 4.69) is 15.6 Å². The van der Waals surface area contributed by atoms with E-state index in [4.69, 9.17) is 15.6 Å². The van der Waals surface area contributed by atoms with Crippen LogP contribution in [-0.4, -0.2) is 57.4 Å². The molecule has 0 spiro atoms. The number of nitrogens with one attached hydrogen (secondary N) is 2. The summed E-state index contributed by atoms with van der Waals surface area (Å²) in [5.74, 6) is -2.22. The summed E-state index contributed by atoms with van der Waals surface area (Å²) in [6, 6.07) is 17.0. The van der Waals surface area contributed by atoms with E-state index in [0.717, 1.165) is 5.56 Å². The van der Waals surface area contributed by atoms with E-state index >= 15 is 0 Å². The van der Waals surface area contributed by atoms with E-state index in [0.29, 0.717) is 45.1 Å². The van der Waals surface area contributed by atoms with Gasteiger partial charge in [0.25, 0.3) is 10.1 Å². The fourth-order valence-corrected chi connectivity index (χ4v) is 5.62. The van der Waals surface area contributed by atoms with Gasteiger partial charge in [-0.3, -0.25) is 18.7 Å². The van der Waals surface area contributed by atoms with Crippen LogP contribution in [0, 0.1) is 5.41 Å². The van der Waals surface area contributed by atoms with Crippen LogP contribution in [0.5, 0.6) is 0 Å². The van der Waals surface area contributed by atoms with Crippen molar-refractivity contribution in [1.29, 1.82) is 0 Å². The van der Waals surface area contributed by atoms with Gasteiger partial charge >= 0.3 is 7.12 Å². The van der Waals surface area contributed by atoms with Crippen molar-refractivity contribution < 1.29 is 27.1 Å². The van der Waals surface area contributed by atoms with Gasteiger partial charge in [0, 0.05) is 13.1 Å². The molecule has 11 nitrogen and oxygen atoms in total. The Labute approximate surface area is 229 Å². The van der Waals surface area contributed by atoms with Gasteiger partial charge in [0.05, 0.1) is 10.8 Å². The number of hydrogen-bond acceptors (Lipinski definition) is 7. The fraction of sp³-hybridized carbons (Fsp3) is 0.423. The number of nitrogens with two attached hydrogens (primary N) is 2. The summed E-state index contributed by atoms with van der Waals surface area (Å²) in [5, 5.41) is 16.4. The Morgan fingerprint density at radius 1 is 1.03 bits per heavy atom. The number of guanidine groups is 1. The molecule has 0 unspecified atom stereocenters. The summed E-state index contributed by atoms with van der Waals surface area (Å²) in [7, 11) is -6.23. The molecular formula is C26H36BN5O6S. The molecule has 1 fully saturated rings. The van der Waals surface area contributed by atoms with E-state index in [-0.39, 0.29) is 29.7 Å². The molecule has 2 amide bonds. The Morgan fingerprint density at radius 2 is 1.64 bits per heavy atom. The first-order valence-corrected chi connectivity index (χ1v) is 14.4. The van der Waals surface area contributed by atoms with Crippen molar-refractivity contribution in [3.05, 3.63) is 66.2 Å². The second-order valence-electron chi connectivity index (χ2n) is 9.56. The first kappa shape index (κ1) is 30.1. The molecule has 1 aliphatic rings. The van der Waals surface area contributed by atoms with Crippen LogP contribution in [0.1, 0.15) is 44.1 Å². The van der Waals surface area contributed by atoms with Gasteiger partial charge in [0.1, 0.15) is 5.41 Å². The van der Waals surface area contributed by atoms with Gasteiger partial charge < -0.3 is 27.1 Å². The third-order valence-electron chi connectivity index (χ3n) is 6.75. The zero-order valence-electron chi connectivity index (χ0n) is 21.8. The Hall–Kier alpha value is -3.42.